The molecule has 0 atom stereocenters. The lowest BCUT2D eigenvalue weighted by Gasteiger charge is -2.07. The van der Waals surface area contributed by atoms with Crippen LogP contribution in [0, 0.1) is 6.92 Å². The summed E-state index contributed by atoms with van der Waals surface area (Å²) in [6.07, 6.45) is 0. The molecule has 21 heavy (non-hydrogen) atoms. The monoisotopic (exact) mass is 287 g/mol. The summed E-state index contributed by atoms with van der Waals surface area (Å²) < 4.78 is 6.27. The number of carbonyl (C=O) groups excluding carboxylic acids is 2. The topological polar surface area (TPSA) is 73.2 Å². The minimum Gasteiger partial charge on any atom is -0.465 e. The Morgan fingerprint density at radius 2 is 1.95 bits per heavy atom. The van der Waals surface area contributed by atoms with Gasteiger partial charge in [0.1, 0.15) is 5.69 Å². The standard InChI is InChI=1S/C15H17N3O3/c1-4-18-13(9-10(2)17-18)14(19)16-12-7-5-11(6-8-12)15(20)21-3/h5-9H,4H2,1-3H3,(H,16,19). The Morgan fingerprint density at radius 1 is 1.29 bits per heavy atom. The third-order valence-electron chi connectivity index (χ3n) is 3.00. The first-order chi connectivity index (χ1) is 10.0. The largest absolute Gasteiger partial charge is 0.465 e. The van der Waals surface area contributed by atoms with Crippen LogP contribution in [0.4, 0.5) is 5.69 Å². The number of aromatic nitrogens is 2. The van der Waals surface area contributed by atoms with E-state index >= 15 is 0 Å². The van der Waals surface area contributed by atoms with Gasteiger partial charge in [0.2, 0.25) is 0 Å². The number of amides is 1. The molecule has 6 nitrogen and oxygen atoms in total. The number of carbonyl (C=O) groups is 2. The van der Waals surface area contributed by atoms with E-state index in [0.29, 0.717) is 23.5 Å². The number of ether oxygens (including phenoxy) is 1. The number of hydrogen-bond acceptors (Lipinski definition) is 4. The number of aryl methyl sites for hydroxylation is 2. The molecular weight excluding hydrogens is 270 g/mol. The summed E-state index contributed by atoms with van der Waals surface area (Å²) in [5, 5.41) is 7.01. The molecule has 2 rings (SSSR count). The van der Waals surface area contributed by atoms with Crippen LogP contribution < -0.4 is 5.32 Å². The number of esters is 1. The summed E-state index contributed by atoms with van der Waals surface area (Å²) in [5.41, 5.74) is 2.34. The molecule has 1 aromatic heterocycles. The van der Waals surface area contributed by atoms with Crippen molar-refractivity contribution in [1.29, 1.82) is 0 Å². The average Bonchev–Trinajstić information content (AvgIpc) is 2.88. The zero-order valence-corrected chi connectivity index (χ0v) is 12.2. The van der Waals surface area contributed by atoms with Crippen LogP contribution in [-0.2, 0) is 11.3 Å². The normalized spacial score (nSPS) is 10.2. The predicted molar refractivity (Wildman–Crippen MR) is 78.4 cm³/mol. The van der Waals surface area contributed by atoms with Gasteiger partial charge < -0.3 is 10.1 Å². The highest BCUT2D eigenvalue weighted by Crippen LogP contribution is 2.13. The Morgan fingerprint density at radius 3 is 2.52 bits per heavy atom. The van der Waals surface area contributed by atoms with Crippen LogP contribution in [0.2, 0.25) is 0 Å². The maximum Gasteiger partial charge on any atom is 0.337 e. The van der Waals surface area contributed by atoms with Gasteiger partial charge in [0, 0.05) is 12.2 Å². The Labute approximate surface area is 122 Å². The molecule has 0 aliphatic heterocycles. The third-order valence-corrected chi connectivity index (χ3v) is 3.00. The molecule has 0 aliphatic rings. The lowest BCUT2D eigenvalue weighted by molar-refractivity contribution is 0.0600. The first-order valence-electron chi connectivity index (χ1n) is 6.59. The number of nitrogens with zero attached hydrogens (tertiary/aromatic N) is 2. The summed E-state index contributed by atoms with van der Waals surface area (Å²) in [6, 6.07) is 8.25. The number of hydrogen-bond donors (Lipinski definition) is 1. The highest BCUT2D eigenvalue weighted by atomic mass is 16.5. The van der Waals surface area contributed by atoms with E-state index in [1.165, 1.54) is 7.11 Å². The fourth-order valence-electron chi connectivity index (χ4n) is 1.97. The molecule has 1 aromatic carbocycles. The molecule has 0 unspecified atom stereocenters. The fraction of sp³-hybridized carbons (Fsp3) is 0.267. The van der Waals surface area contributed by atoms with Gasteiger partial charge in [0.05, 0.1) is 18.4 Å². The Hall–Kier alpha value is -2.63. The predicted octanol–water partition coefficient (Wildman–Crippen LogP) is 2.25. The minimum atomic E-state index is -0.410. The van der Waals surface area contributed by atoms with Crippen LogP contribution >= 0.6 is 0 Å². The smallest absolute Gasteiger partial charge is 0.337 e. The van der Waals surface area contributed by atoms with Gasteiger partial charge in [0.15, 0.2) is 0 Å². The molecule has 0 spiro atoms. The highest BCUT2D eigenvalue weighted by molar-refractivity contribution is 6.03. The second-order valence-corrected chi connectivity index (χ2v) is 4.51. The molecule has 6 heteroatoms. The van der Waals surface area contributed by atoms with Gasteiger partial charge in [-0.05, 0) is 44.2 Å². The van der Waals surface area contributed by atoms with Crippen molar-refractivity contribution in [3.8, 4) is 0 Å². The van der Waals surface area contributed by atoms with Gasteiger partial charge in [0.25, 0.3) is 5.91 Å². The zero-order chi connectivity index (χ0) is 15.4. The van der Waals surface area contributed by atoms with Gasteiger partial charge in [-0.1, -0.05) is 0 Å². The van der Waals surface area contributed by atoms with Crippen LogP contribution in [0.15, 0.2) is 30.3 Å². The van der Waals surface area contributed by atoms with E-state index in [1.807, 2.05) is 13.8 Å². The summed E-state index contributed by atoms with van der Waals surface area (Å²) in [5.74, 6) is -0.643. The molecule has 0 saturated heterocycles. The van der Waals surface area contributed by atoms with Crippen molar-refractivity contribution >= 4 is 17.6 Å². The second-order valence-electron chi connectivity index (χ2n) is 4.51. The first-order valence-corrected chi connectivity index (χ1v) is 6.59. The lowest BCUT2D eigenvalue weighted by atomic mass is 10.2. The van der Waals surface area contributed by atoms with E-state index in [4.69, 9.17) is 0 Å². The van der Waals surface area contributed by atoms with E-state index in [2.05, 4.69) is 15.2 Å². The molecule has 0 fully saturated rings. The van der Waals surface area contributed by atoms with Crippen molar-refractivity contribution in [2.45, 2.75) is 20.4 Å². The third kappa shape index (κ3) is 3.28. The number of nitrogens with one attached hydrogen (secondary N) is 1. The molecule has 1 N–H and O–H groups in total. The van der Waals surface area contributed by atoms with Crippen LogP contribution in [0.25, 0.3) is 0 Å². The molecule has 2 aromatic rings. The molecular formula is C15H17N3O3. The average molecular weight is 287 g/mol. The van der Waals surface area contributed by atoms with E-state index in [-0.39, 0.29) is 5.91 Å². The summed E-state index contributed by atoms with van der Waals surface area (Å²) in [6.45, 7) is 4.39. The van der Waals surface area contributed by atoms with Crippen LogP contribution in [0.3, 0.4) is 0 Å². The Bertz CT molecular complexity index is 659. The fourth-order valence-corrected chi connectivity index (χ4v) is 1.97. The maximum atomic E-state index is 12.2. The van der Waals surface area contributed by atoms with Crippen LogP contribution in [0.1, 0.15) is 33.5 Å². The molecule has 0 saturated carbocycles. The summed E-state index contributed by atoms with van der Waals surface area (Å²) in [4.78, 5) is 23.6. The first kappa shape index (κ1) is 14.8. The number of anilines is 1. The molecule has 110 valence electrons. The van der Waals surface area contributed by atoms with E-state index < -0.39 is 5.97 Å². The van der Waals surface area contributed by atoms with Crippen molar-refractivity contribution in [3.63, 3.8) is 0 Å². The van der Waals surface area contributed by atoms with E-state index in [9.17, 15) is 9.59 Å². The zero-order valence-electron chi connectivity index (χ0n) is 12.2. The minimum absolute atomic E-state index is 0.233. The van der Waals surface area contributed by atoms with Gasteiger partial charge in [-0.2, -0.15) is 5.10 Å². The number of rotatable bonds is 4. The lowest BCUT2D eigenvalue weighted by Crippen LogP contribution is -2.17. The van der Waals surface area contributed by atoms with Crippen molar-refractivity contribution < 1.29 is 14.3 Å². The molecule has 0 aliphatic carbocycles. The summed E-state index contributed by atoms with van der Waals surface area (Å²) in [7, 11) is 1.33. The molecule has 0 bridgehead atoms. The Balaban J connectivity index is 2.14. The summed E-state index contributed by atoms with van der Waals surface area (Å²) >= 11 is 0. The molecule has 1 heterocycles. The van der Waals surface area contributed by atoms with Crippen LogP contribution in [0.5, 0.6) is 0 Å². The SMILES string of the molecule is CCn1nc(C)cc1C(=O)Nc1ccc(C(=O)OC)cc1. The maximum absolute atomic E-state index is 12.2. The van der Waals surface area contributed by atoms with Crippen molar-refractivity contribution in [2.24, 2.45) is 0 Å². The molecule has 1 amide bonds. The van der Waals surface area contributed by atoms with E-state index in [0.717, 1.165) is 5.69 Å². The number of methoxy groups -OCH3 is 1. The quantitative estimate of drug-likeness (QED) is 0.875. The Kier molecular flexibility index (Phi) is 4.37. The van der Waals surface area contributed by atoms with Crippen molar-refractivity contribution in [2.75, 3.05) is 12.4 Å². The van der Waals surface area contributed by atoms with E-state index in [1.54, 1.807) is 35.0 Å². The van der Waals surface area contributed by atoms with Crippen molar-refractivity contribution in [3.05, 3.63) is 47.3 Å². The van der Waals surface area contributed by atoms with Crippen LogP contribution in [-0.4, -0.2) is 28.8 Å². The second kappa shape index (κ2) is 6.21. The molecule has 0 radical (unpaired) electrons. The highest BCUT2D eigenvalue weighted by Gasteiger charge is 2.13. The van der Waals surface area contributed by atoms with Gasteiger partial charge in [-0.3, -0.25) is 9.48 Å². The van der Waals surface area contributed by atoms with Gasteiger partial charge in [-0.15, -0.1) is 0 Å². The number of benzene rings is 1. The van der Waals surface area contributed by atoms with Gasteiger partial charge >= 0.3 is 5.97 Å². The van der Waals surface area contributed by atoms with Crippen molar-refractivity contribution in [1.82, 2.24) is 9.78 Å². The van der Waals surface area contributed by atoms with Gasteiger partial charge in [-0.25, -0.2) is 4.79 Å².